The highest BCUT2D eigenvalue weighted by Crippen LogP contribution is 2.23. The first-order valence-corrected chi connectivity index (χ1v) is 9.95. The molecule has 0 saturated carbocycles. The van der Waals surface area contributed by atoms with Gasteiger partial charge in [0.15, 0.2) is 6.61 Å². The van der Waals surface area contributed by atoms with Crippen LogP contribution < -0.4 is 0 Å². The maximum atomic E-state index is 12.2. The van der Waals surface area contributed by atoms with E-state index in [1.807, 2.05) is 42.7 Å². The minimum Gasteiger partial charge on any atom is -0.452 e. The number of hydrogen-bond acceptors (Lipinski definition) is 4. The van der Waals surface area contributed by atoms with E-state index in [-0.39, 0.29) is 12.5 Å². The number of aryl methyl sites for hydroxylation is 2. The number of amides is 1. The van der Waals surface area contributed by atoms with Crippen molar-refractivity contribution < 1.29 is 14.3 Å². The van der Waals surface area contributed by atoms with Crippen LogP contribution in [0.15, 0.2) is 47.4 Å². The molecule has 3 rings (SSSR count). The van der Waals surface area contributed by atoms with Crippen LogP contribution in [0.3, 0.4) is 0 Å². The number of rotatable bonds is 6. The van der Waals surface area contributed by atoms with Gasteiger partial charge in [0.25, 0.3) is 5.91 Å². The van der Waals surface area contributed by atoms with E-state index in [4.69, 9.17) is 4.74 Å². The molecule has 4 nitrogen and oxygen atoms in total. The van der Waals surface area contributed by atoms with Gasteiger partial charge in [0.1, 0.15) is 0 Å². The maximum Gasteiger partial charge on any atom is 0.338 e. The number of fused-ring (bicyclic) bond motifs is 1. The van der Waals surface area contributed by atoms with Crippen molar-refractivity contribution in [1.29, 1.82) is 0 Å². The second-order valence-electron chi connectivity index (χ2n) is 6.51. The van der Waals surface area contributed by atoms with Gasteiger partial charge in [-0.1, -0.05) is 18.2 Å². The molecular weight excluding hydrogens is 346 g/mol. The van der Waals surface area contributed by atoms with Crippen molar-refractivity contribution in [3.8, 4) is 0 Å². The summed E-state index contributed by atoms with van der Waals surface area (Å²) in [5.74, 6) is -0.653. The maximum absolute atomic E-state index is 12.2. The number of nitrogens with zero attached hydrogens (tertiary/aromatic N) is 1. The predicted molar refractivity (Wildman–Crippen MR) is 103 cm³/mol. The Kier molecular flexibility index (Phi) is 5.99. The topological polar surface area (TPSA) is 46.6 Å². The lowest BCUT2D eigenvalue weighted by Gasteiger charge is -2.17. The number of thioether (sulfide) groups is 1. The Bertz CT molecular complexity index is 801. The van der Waals surface area contributed by atoms with E-state index in [2.05, 4.69) is 0 Å². The molecule has 1 aliphatic rings. The highest BCUT2D eigenvalue weighted by atomic mass is 32.2. The van der Waals surface area contributed by atoms with Gasteiger partial charge < -0.3 is 9.64 Å². The minimum absolute atomic E-state index is 0.214. The molecule has 0 aliphatic heterocycles. The molecule has 0 saturated heterocycles. The van der Waals surface area contributed by atoms with E-state index in [9.17, 15) is 9.59 Å². The van der Waals surface area contributed by atoms with Crippen molar-refractivity contribution in [2.75, 3.05) is 19.9 Å². The lowest BCUT2D eigenvalue weighted by atomic mass is 10.1. The molecule has 1 aliphatic carbocycles. The van der Waals surface area contributed by atoms with Gasteiger partial charge in [-0.05, 0) is 66.5 Å². The zero-order chi connectivity index (χ0) is 18.5. The fraction of sp³-hybridized carbons (Fsp3) is 0.333. The molecule has 0 N–H and O–H groups in total. The average molecular weight is 369 g/mol. The van der Waals surface area contributed by atoms with Crippen LogP contribution in [0, 0.1) is 0 Å². The summed E-state index contributed by atoms with van der Waals surface area (Å²) >= 11 is 1.68. The summed E-state index contributed by atoms with van der Waals surface area (Å²) in [5.41, 5.74) is 4.10. The summed E-state index contributed by atoms with van der Waals surface area (Å²) in [4.78, 5) is 27.2. The van der Waals surface area contributed by atoms with Crippen LogP contribution in [0.25, 0.3) is 0 Å². The van der Waals surface area contributed by atoms with E-state index in [0.717, 1.165) is 24.8 Å². The quantitative estimate of drug-likeness (QED) is 0.575. The van der Waals surface area contributed by atoms with Gasteiger partial charge in [0, 0.05) is 18.5 Å². The standard InChI is InChI=1S/C21H23NO3S/c1-22(13-15-6-10-19(26-2)11-7-15)20(23)14-25-21(24)18-9-8-16-4-3-5-17(16)12-18/h6-12H,3-5,13-14H2,1-2H3. The van der Waals surface area contributed by atoms with Crippen molar-refractivity contribution in [1.82, 2.24) is 4.90 Å². The Balaban J connectivity index is 1.51. The summed E-state index contributed by atoms with van der Waals surface area (Å²) in [6, 6.07) is 13.8. The number of benzene rings is 2. The fourth-order valence-corrected chi connectivity index (χ4v) is 3.52. The zero-order valence-corrected chi connectivity index (χ0v) is 16.0. The van der Waals surface area contributed by atoms with E-state index >= 15 is 0 Å². The van der Waals surface area contributed by atoms with Crippen molar-refractivity contribution in [2.24, 2.45) is 0 Å². The predicted octanol–water partition coefficient (Wildman–Crippen LogP) is 3.71. The Morgan fingerprint density at radius 3 is 2.54 bits per heavy atom. The summed E-state index contributed by atoms with van der Waals surface area (Å²) in [7, 11) is 1.72. The molecule has 5 heteroatoms. The summed E-state index contributed by atoms with van der Waals surface area (Å²) in [5, 5.41) is 0. The molecule has 0 aromatic heterocycles. The Labute approximate surface area is 158 Å². The molecule has 26 heavy (non-hydrogen) atoms. The number of esters is 1. The first-order chi connectivity index (χ1) is 12.6. The molecule has 0 bridgehead atoms. The molecule has 0 fully saturated rings. The highest BCUT2D eigenvalue weighted by Gasteiger charge is 2.17. The molecular formula is C21H23NO3S. The zero-order valence-electron chi connectivity index (χ0n) is 15.2. The molecule has 0 spiro atoms. The van der Waals surface area contributed by atoms with Crippen LogP contribution in [-0.4, -0.2) is 36.7 Å². The molecule has 0 atom stereocenters. The number of likely N-dealkylation sites (N-methyl/N-ethyl adjacent to an activating group) is 1. The van der Waals surface area contributed by atoms with E-state index in [1.54, 1.807) is 29.8 Å². The second-order valence-corrected chi connectivity index (χ2v) is 7.39. The average Bonchev–Trinajstić information content (AvgIpc) is 3.14. The van der Waals surface area contributed by atoms with Crippen LogP contribution in [0.2, 0.25) is 0 Å². The highest BCUT2D eigenvalue weighted by molar-refractivity contribution is 7.98. The number of ether oxygens (including phenoxy) is 1. The first-order valence-electron chi connectivity index (χ1n) is 8.72. The van der Waals surface area contributed by atoms with Crippen LogP contribution in [-0.2, 0) is 28.9 Å². The van der Waals surface area contributed by atoms with Crippen LogP contribution in [0.4, 0.5) is 0 Å². The van der Waals surface area contributed by atoms with Gasteiger partial charge in [0.2, 0.25) is 0 Å². The Morgan fingerprint density at radius 2 is 1.81 bits per heavy atom. The molecule has 0 radical (unpaired) electrons. The van der Waals surface area contributed by atoms with E-state index < -0.39 is 5.97 Å². The normalized spacial score (nSPS) is 12.5. The smallest absolute Gasteiger partial charge is 0.338 e. The van der Waals surface area contributed by atoms with E-state index in [1.165, 1.54) is 16.0 Å². The minimum atomic E-state index is -0.439. The van der Waals surface area contributed by atoms with Crippen molar-refractivity contribution in [2.45, 2.75) is 30.7 Å². The monoisotopic (exact) mass is 369 g/mol. The second kappa shape index (κ2) is 8.41. The summed E-state index contributed by atoms with van der Waals surface area (Å²) < 4.78 is 5.21. The summed E-state index contributed by atoms with van der Waals surface area (Å²) in [6.07, 6.45) is 5.24. The lowest BCUT2D eigenvalue weighted by Crippen LogP contribution is -2.30. The third-order valence-electron chi connectivity index (χ3n) is 4.67. The van der Waals surface area contributed by atoms with Gasteiger partial charge in [-0.3, -0.25) is 4.79 Å². The lowest BCUT2D eigenvalue weighted by molar-refractivity contribution is -0.133. The van der Waals surface area contributed by atoms with Gasteiger partial charge in [0.05, 0.1) is 5.56 Å². The molecule has 2 aromatic rings. The molecule has 0 unspecified atom stereocenters. The van der Waals surface area contributed by atoms with Gasteiger partial charge in [-0.2, -0.15) is 0 Å². The van der Waals surface area contributed by atoms with Crippen LogP contribution in [0.1, 0.15) is 33.5 Å². The van der Waals surface area contributed by atoms with Gasteiger partial charge in [-0.25, -0.2) is 4.79 Å². The third kappa shape index (κ3) is 4.47. The summed E-state index contributed by atoms with van der Waals surface area (Å²) in [6.45, 7) is 0.249. The van der Waals surface area contributed by atoms with Gasteiger partial charge in [-0.15, -0.1) is 11.8 Å². The first kappa shape index (κ1) is 18.5. The molecule has 1 amide bonds. The van der Waals surface area contributed by atoms with E-state index in [0.29, 0.717) is 12.1 Å². The SMILES string of the molecule is CSc1ccc(CN(C)C(=O)COC(=O)c2ccc3c(c2)CCC3)cc1. The van der Waals surface area contributed by atoms with Crippen molar-refractivity contribution >= 4 is 23.6 Å². The van der Waals surface area contributed by atoms with Crippen molar-refractivity contribution in [3.63, 3.8) is 0 Å². The Morgan fingerprint density at radius 1 is 1.08 bits per heavy atom. The third-order valence-corrected chi connectivity index (χ3v) is 5.41. The molecule has 0 heterocycles. The Hall–Kier alpha value is -2.27. The number of hydrogen-bond donors (Lipinski definition) is 0. The van der Waals surface area contributed by atoms with Crippen molar-refractivity contribution in [3.05, 3.63) is 64.7 Å². The largest absolute Gasteiger partial charge is 0.452 e. The molecule has 2 aromatic carbocycles. The van der Waals surface area contributed by atoms with Crippen LogP contribution in [0.5, 0.6) is 0 Å². The molecule has 136 valence electrons. The number of carbonyl (C=O) groups is 2. The van der Waals surface area contributed by atoms with Crippen LogP contribution >= 0.6 is 11.8 Å². The number of carbonyl (C=O) groups excluding carboxylic acids is 2. The fourth-order valence-electron chi connectivity index (χ4n) is 3.11. The van der Waals surface area contributed by atoms with Gasteiger partial charge >= 0.3 is 5.97 Å².